The number of esters is 1. The molecule has 0 saturated heterocycles. The third-order valence-corrected chi connectivity index (χ3v) is 1.52. The molecule has 0 aliphatic carbocycles. The minimum Gasteiger partial charge on any atom is -0.460 e. The van der Waals surface area contributed by atoms with E-state index in [0.29, 0.717) is 5.69 Å². The normalized spacial score (nSPS) is 11.2. The monoisotopic (exact) mass is 211 g/mol. The zero-order valence-corrected chi connectivity index (χ0v) is 9.08. The first-order valence-corrected chi connectivity index (χ1v) is 4.70. The molecule has 0 bridgehead atoms. The Morgan fingerprint density at radius 2 is 2.13 bits per heavy atom. The second-order valence-corrected chi connectivity index (χ2v) is 4.21. The van der Waals surface area contributed by atoms with Gasteiger partial charge in [-0.25, -0.2) is 4.98 Å². The first-order valence-electron chi connectivity index (χ1n) is 4.70. The van der Waals surface area contributed by atoms with Crippen molar-refractivity contribution in [3.8, 4) is 0 Å². The van der Waals surface area contributed by atoms with Crippen LogP contribution in [0.4, 0.5) is 4.39 Å². The van der Waals surface area contributed by atoms with Gasteiger partial charge >= 0.3 is 5.97 Å². The van der Waals surface area contributed by atoms with Gasteiger partial charge in [0.15, 0.2) is 0 Å². The minimum atomic E-state index is -0.587. The molecule has 0 saturated carbocycles. The van der Waals surface area contributed by atoms with E-state index in [1.54, 1.807) is 26.8 Å². The Labute approximate surface area is 88.3 Å². The number of halogens is 1. The number of pyridine rings is 1. The van der Waals surface area contributed by atoms with Crippen molar-refractivity contribution in [2.24, 2.45) is 0 Å². The Morgan fingerprint density at radius 1 is 1.47 bits per heavy atom. The van der Waals surface area contributed by atoms with Crippen LogP contribution in [0.1, 0.15) is 26.5 Å². The first kappa shape index (κ1) is 11.6. The maximum absolute atomic E-state index is 12.7. The van der Waals surface area contributed by atoms with Gasteiger partial charge in [-0.1, -0.05) is 6.07 Å². The van der Waals surface area contributed by atoms with Crippen molar-refractivity contribution >= 4 is 5.97 Å². The van der Waals surface area contributed by atoms with E-state index < -0.39 is 17.5 Å². The summed E-state index contributed by atoms with van der Waals surface area (Å²) in [5, 5.41) is 0. The molecule has 0 aliphatic rings. The third kappa shape index (κ3) is 4.54. The lowest BCUT2D eigenvalue weighted by atomic mass is 10.2. The molecule has 0 atom stereocenters. The van der Waals surface area contributed by atoms with Crippen molar-refractivity contribution < 1.29 is 13.9 Å². The number of hydrogen-bond donors (Lipinski definition) is 0. The molecule has 4 heteroatoms. The van der Waals surface area contributed by atoms with Gasteiger partial charge in [0.05, 0.1) is 12.1 Å². The zero-order valence-electron chi connectivity index (χ0n) is 9.08. The fraction of sp³-hybridized carbons (Fsp3) is 0.455. The molecule has 0 radical (unpaired) electrons. The van der Waals surface area contributed by atoms with Crippen LogP contribution in [0.15, 0.2) is 18.2 Å². The molecule has 15 heavy (non-hydrogen) atoms. The Morgan fingerprint density at radius 3 is 2.67 bits per heavy atom. The van der Waals surface area contributed by atoms with Gasteiger partial charge in [-0.15, -0.1) is 0 Å². The molecule has 0 N–H and O–H groups in total. The molecule has 3 nitrogen and oxygen atoms in total. The Kier molecular flexibility index (Phi) is 3.39. The topological polar surface area (TPSA) is 39.2 Å². The number of nitrogens with zero attached hydrogens (tertiary/aromatic N) is 1. The van der Waals surface area contributed by atoms with Gasteiger partial charge in [-0.3, -0.25) is 4.79 Å². The van der Waals surface area contributed by atoms with Crippen LogP contribution in [0.25, 0.3) is 0 Å². The van der Waals surface area contributed by atoms with E-state index in [2.05, 4.69) is 4.98 Å². The quantitative estimate of drug-likeness (QED) is 0.555. The summed E-state index contributed by atoms with van der Waals surface area (Å²) in [5.74, 6) is -0.989. The van der Waals surface area contributed by atoms with Gasteiger partial charge < -0.3 is 4.74 Å². The van der Waals surface area contributed by atoms with E-state index in [4.69, 9.17) is 4.74 Å². The average molecular weight is 211 g/mol. The van der Waals surface area contributed by atoms with Crippen molar-refractivity contribution in [2.45, 2.75) is 32.8 Å². The second kappa shape index (κ2) is 4.38. The molecular weight excluding hydrogens is 197 g/mol. The van der Waals surface area contributed by atoms with Crippen molar-refractivity contribution in [3.63, 3.8) is 0 Å². The Bertz CT molecular complexity index is 358. The fourth-order valence-corrected chi connectivity index (χ4v) is 1.07. The van der Waals surface area contributed by atoms with Crippen molar-refractivity contribution in [2.75, 3.05) is 0 Å². The number of ether oxygens (including phenoxy) is 1. The highest BCUT2D eigenvalue weighted by atomic mass is 19.1. The minimum absolute atomic E-state index is 0.00493. The molecule has 0 spiro atoms. The summed E-state index contributed by atoms with van der Waals surface area (Å²) in [6, 6.07) is 4.34. The number of aromatic nitrogens is 1. The molecule has 1 heterocycles. The maximum atomic E-state index is 12.7. The highest BCUT2D eigenvalue weighted by Gasteiger charge is 2.16. The average Bonchev–Trinajstić information content (AvgIpc) is 1.99. The van der Waals surface area contributed by atoms with Gasteiger partial charge in [0.1, 0.15) is 5.60 Å². The molecule has 82 valence electrons. The highest BCUT2D eigenvalue weighted by Crippen LogP contribution is 2.09. The largest absolute Gasteiger partial charge is 0.460 e. The van der Waals surface area contributed by atoms with Gasteiger partial charge in [-0.2, -0.15) is 4.39 Å². The van der Waals surface area contributed by atoms with Crippen LogP contribution in [0.5, 0.6) is 0 Å². The third-order valence-electron chi connectivity index (χ3n) is 1.52. The fourth-order valence-electron chi connectivity index (χ4n) is 1.07. The molecule has 0 aliphatic heterocycles. The van der Waals surface area contributed by atoms with Crippen LogP contribution < -0.4 is 0 Å². The van der Waals surface area contributed by atoms with E-state index in [1.165, 1.54) is 12.1 Å². The molecule has 0 aromatic carbocycles. The van der Waals surface area contributed by atoms with Gasteiger partial charge in [0, 0.05) is 0 Å². The Hall–Kier alpha value is -1.45. The van der Waals surface area contributed by atoms with Crippen molar-refractivity contribution in [1.29, 1.82) is 0 Å². The summed E-state index contributed by atoms with van der Waals surface area (Å²) in [4.78, 5) is 14.9. The van der Waals surface area contributed by atoms with Crippen LogP contribution in [0.2, 0.25) is 0 Å². The van der Waals surface area contributed by atoms with Gasteiger partial charge in [0.25, 0.3) is 0 Å². The standard InChI is InChI=1S/C11H14FNO2/c1-11(2,3)15-10(14)7-8-5-4-6-9(12)13-8/h4-6H,7H2,1-3H3. The maximum Gasteiger partial charge on any atom is 0.312 e. The highest BCUT2D eigenvalue weighted by molar-refractivity contribution is 5.72. The lowest BCUT2D eigenvalue weighted by Crippen LogP contribution is -2.25. The molecule has 1 rings (SSSR count). The summed E-state index contributed by atoms with van der Waals surface area (Å²) in [5.41, 5.74) is -0.144. The molecule has 0 amide bonds. The van der Waals surface area contributed by atoms with Crippen molar-refractivity contribution in [3.05, 3.63) is 29.8 Å². The summed E-state index contributed by atoms with van der Waals surface area (Å²) >= 11 is 0. The number of carbonyl (C=O) groups excluding carboxylic acids is 1. The van der Waals surface area contributed by atoms with Gasteiger partial charge in [0.2, 0.25) is 5.95 Å². The Balaban J connectivity index is 2.59. The predicted molar refractivity (Wildman–Crippen MR) is 53.7 cm³/mol. The second-order valence-electron chi connectivity index (χ2n) is 4.21. The number of hydrogen-bond acceptors (Lipinski definition) is 3. The smallest absolute Gasteiger partial charge is 0.312 e. The van der Waals surface area contributed by atoms with E-state index in [0.717, 1.165) is 0 Å². The van der Waals surface area contributed by atoms with E-state index >= 15 is 0 Å². The van der Waals surface area contributed by atoms with Crippen LogP contribution in [-0.4, -0.2) is 16.6 Å². The van der Waals surface area contributed by atoms with E-state index in [-0.39, 0.29) is 6.42 Å². The predicted octanol–water partition coefficient (Wildman–Crippen LogP) is 2.10. The zero-order chi connectivity index (χ0) is 11.5. The van der Waals surface area contributed by atoms with Gasteiger partial charge in [-0.05, 0) is 32.9 Å². The van der Waals surface area contributed by atoms with E-state index in [1.807, 2.05) is 0 Å². The first-order chi connectivity index (χ1) is 6.87. The molecular formula is C11H14FNO2. The van der Waals surface area contributed by atoms with E-state index in [9.17, 15) is 9.18 Å². The summed E-state index contributed by atoms with van der Waals surface area (Å²) in [7, 11) is 0. The van der Waals surface area contributed by atoms with Crippen LogP contribution in [0, 0.1) is 5.95 Å². The summed E-state index contributed by atoms with van der Waals surface area (Å²) in [6.45, 7) is 5.34. The number of rotatable bonds is 2. The van der Waals surface area contributed by atoms with Crippen LogP contribution >= 0.6 is 0 Å². The molecule has 0 unspecified atom stereocenters. The molecule has 0 fully saturated rings. The molecule has 1 aromatic heterocycles. The van der Waals surface area contributed by atoms with Crippen LogP contribution in [-0.2, 0) is 16.0 Å². The lowest BCUT2D eigenvalue weighted by Gasteiger charge is -2.19. The lowest BCUT2D eigenvalue weighted by molar-refractivity contribution is -0.153. The van der Waals surface area contributed by atoms with Crippen LogP contribution in [0.3, 0.4) is 0 Å². The van der Waals surface area contributed by atoms with Crippen molar-refractivity contribution in [1.82, 2.24) is 4.98 Å². The number of carbonyl (C=O) groups is 1. The molecule has 1 aromatic rings. The summed E-state index contributed by atoms with van der Waals surface area (Å²) < 4.78 is 17.8. The summed E-state index contributed by atoms with van der Waals surface area (Å²) in [6.07, 6.45) is -0.00493. The SMILES string of the molecule is CC(C)(C)OC(=O)Cc1cccc(F)n1.